The fraction of sp³-hybridized carbons (Fsp3) is 0.176. The van der Waals surface area contributed by atoms with E-state index in [1.807, 2.05) is 6.07 Å². The molecule has 0 unspecified atom stereocenters. The van der Waals surface area contributed by atoms with Gasteiger partial charge >= 0.3 is 5.97 Å². The Morgan fingerprint density at radius 1 is 1.22 bits per heavy atom. The van der Waals surface area contributed by atoms with Crippen molar-refractivity contribution in [2.75, 3.05) is 14.2 Å². The second-order valence-corrected chi connectivity index (χ2v) is 4.99. The lowest BCUT2D eigenvalue weighted by Crippen LogP contribution is -2.06. The molecule has 0 bridgehead atoms. The van der Waals surface area contributed by atoms with E-state index in [4.69, 9.17) is 31.1 Å². The van der Waals surface area contributed by atoms with Gasteiger partial charge in [0, 0.05) is 0 Å². The molecule has 0 radical (unpaired) electrons. The summed E-state index contributed by atoms with van der Waals surface area (Å²) in [6, 6.07) is 11.8. The highest BCUT2D eigenvalue weighted by atomic mass is 35.5. The molecule has 0 spiro atoms. The van der Waals surface area contributed by atoms with Gasteiger partial charge in [0.25, 0.3) is 0 Å². The number of nitriles is 1. The van der Waals surface area contributed by atoms with Crippen molar-refractivity contribution in [3.05, 3.63) is 58.1 Å². The third kappa shape index (κ3) is 3.93. The summed E-state index contributed by atoms with van der Waals surface area (Å²) in [6.45, 7) is 0.0559. The summed E-state index contributed by atoms with van der Waals surface area (Å²) in [6.07, 6.45) is 0. The molecule has 0 aliphatic carbocycles. The summed E-state index contributed by atoms with van der Waals surface area (Å²) in [5.41, 5.74) is 1.49. The molecule has 0 fully saturated rings. The third-order valence-electron chi connectivity index (χ3n) is 3.10. The summed E-state index contributed by atoms with van der Waals surface area (Å²) in [5.74, 6) is 0.154. The largest absolute Gasteiger partial charge is 0.493 e. The van der Waals surface area contributed by atoms with Gasteiger partial charge < -0.3 is 14.2 Å². The van der Waals surface area contributed by atoms with Crippen LogP contribution in [0.5, 0.6) is 11.5 Å². The van der Waals surface area contributed by atoms with Gasteiger partial charge in [0.1, 0.15) is 6.61 Å². The first-order chi connectivity index (χ1) is 11.1. The summed E-state index contributed by atoms with van der Waals surface area (Å²) in [7, 11) is 2.92. The predicted molar refractivity (Wildman–Crippen MR) is 84.8 cm³/mol. The van der Waals surface area contributed by atoms with Gasteiger partial charge in [-0.15, -0.1) is 0 Å². The Balaban J connectivity index is 2.14. The second kappa shape index (κ2) is 7.52. The van der Waals surface area contributed by atoms with Crippen molar-refractivity contribution < 1.29 is 19.0 Å². The van der Waals surface area contributed by atoms with E-state index in [0.717, 1.165) is 5.56 Å². The van der Waals surface area contributed by atoms with Crippen LogP contribution in [-0.2, 0) is 11.3 Å². The van der Waals surface area contributed by atoms with Crippen LogP contribution < -0.4 is 9.47 Å². The van der Waals surface area contributed by atoms with Gasteiger partial charge in [-0.25, -0.2) is 4.79 Å². The molecule has 0 saturated heterocycles. The van der Waals surface area contributed by atoms with Gasteiger partial charge in [-0.05, 0) is 29.8 Å². The molecule has 0 aliphatic rings. The Kier molecular flexibility index (Phi) is 5.45. The highest BCUT2D eigenvalue weighted by molar-refractivity contribution is 6.32. The number of esters is 1. The fourth-order valence-corrected chi connectivity index (χ4v) is 2.29. The average Bonchev–Trinajstić information content (AvgIpc) is 2.58. The fourth-order valence-electron chi connectivity index (χ4n) is 2.00. The number of halogens is 1. The van der Waals surface area contributed by atoms with Gasteiger partial charge in [0.2, 0.25) is 0 Å². The van der Waals surface area contributed by atoms with Gasteiger partial charge in [-0.3, -0.25) is 0 Å². The zero-order chi connectivity index (χ0) is 16.8. The first-order valence-corrected chi connectivity index (χ1v) is 7.04. The SMILES string of the molecule is COc1cc(C(=O)OCc2cccc(C#N)c2)cc(Cl)c1OC. The minimum absolute atomic E-state index is 0.0559. The van der Waals surface area contributed by atoms with Crippen LogP contribution in [0.1, 0.15) is 21.5 Å². The lowest BCUT2D eigenvalue weighted by Gasteiger charge is -2.11. The Bertz CT molecular complexity index is 768. The highest BCUT2D eigenvalue weighted by Gasteiger charge is 2.16. The summed E-state index contributed by atoms with van der Waals surface area (Å²) >= 11 is 6.07. The molecule has 2 aromatic carbocycles. The van der Waals surface area contributed by atoms with Crippen molar-refractivity contribution in [2.24, 2.45) is 0 Å². The standard InChI is InChI=1S/C17H14ClNO4/c1-21-15-8-13(7-14(18)16(15)22-2)17(20)23-10-12-5-3-4-11(6-12)9-19/h3-8H,10H2,1-2H3. The zero-order valence-corrected chi connectivity index (χ0v) is 13.4. The molecule has 0 aromatic heterocycles. The first-order valence-electron chi connectivity index (χ1n) is 6.66. The van der Waals surface area contributed by atoms with Crippen LogP contribution in [0.25, 0.3) is 0 Å². The second-order valence-electron chi connectivity index (χ2n) is 4.58. The Morgan fingerprint density at radius 3 is 2.65 bits per heavy atom. The van der Waals surface area contributed by atoms with E-state index in [-0.39, 0.29) is 17.2 Å². The zero-order valence-electron chi connectivity index (χ0n) is 12.6. The molecule has 0 N–H and O–H groups in total. The molecule has 2 aromatic rings. The normalized spacial score (nSPS) is 9.83. The quantitative estimate of drug-likeness (QED) is 0.783. The van der Waals surface area contributed by atoms with Crippen molar-refractivity contribution in [1.29, 1.82) is 5.26 Å². The van der Waals surface area contributed by atoms with Crippen LogP contribution in [0, 0.1) is 11.3 Å². The molecule has 0 heterocycles. The molecule has 23 heavy (non-hydrogen) atoms. The molecule has 6 heteroatoms. The van der Waals surface area contributed by atoms with E-state index in [2.05, 4.69) is 0 Å². The smallest absolute Gasteiger partial charge is 0.338 e. The number of hydrogen-bond acceptors (Lipinski definition) is 5. The predicted octanol–water partition coefficient (Wildman–Crippen LogP) is 3.59. The third-order valence-corrected chi connectivity index (χ3v) is 3.38. The van der Waals surface area contributed by atoms with E-state index < -0.39 is 5.97 Å². The number of rotatable bonds is 5. The molecular formula is C17H14ClNO4. The molecule has 0 amide bonds. The topological polar surface area (TPSA) is 68.5 Å². The van der Waals surface area contributed by atoms with E-state index in [0.29, 0.717) is 17.1 Å². The van der Waals surface area contributed by atoms with Crippen LogP contribution in [0.3, 0.4) is 0 Å². The number of hydrogen-bond donors (Lipinski definition) is 0. The van der Waals surface area contributed by atoms with Gasteiger partial charge in [0.05, 0.1) is 36.4 Å². The van der Waals surface area contributed by atoms with Crippen molar-refractivity contribution in [2.45, 2.75) is 6.61 Å². The van der Waals surface area contributed by atoms with Crippen molar-refractivity contribution in [3.63, 3.8) is 0 Å². The maximum atomic E-state index is 12.2. The summed E-state index contributed by atoms with van der Waals surface area (Å²) < 4.78 is 15.5. The van der Waals surface area contributed by atoms with Crippen molar-refractivity contribution in [1.82, 2.24) is 0 Å². The number of carbonyl (C=O) groups excluding carboxylic acids is 1. The minimum atomic E-state index is -0.546. The molecule has 2 rings (SSSR count). The van der Waals surface area contributed by atoms with Crippen molar-refractivity contribution >= 4 is 17.6 Å². The van der Waals surface area contributed by atoms with Crippen LogP contribution in [-0.4, -0.2) is 20.2 Å². The minimum Gasteiger partial charge on any atom is -0.493 e. The molecule has 0 aliphatic heterocycles. The number of benzene rings is 2. The summed E-state index contributed by atoms with van der Waals surface area (Å²) in [5, 5.41) is 9.11. The van der Waals surface area contributed by atoms with Crippen LogP contribution in [0.15, 0.2) is 36.4 Å². The number of methoxy groups -OCH3 is 2. The van der Waals surface area contributed by atoms with E-state index >= 15 is 0 Å². The Hall–Kier alpha value is -2.71. The van der Waals surface area contributed by atoms with Gasteiger partial charge in [-0.1, -0.05) is 23.7 Å². The molecule has 0 atom stereocenters. The van der Waals surface area contributed by atoms with Crippen LogP contribution >= 0.6 is 11.6 Å². The van der Waals surface area contributed by atoms with E-state index in [1.165, 1.54) is 26.4 Å². The average molecular weight is 332 g/mol. The summed E-state index contributed by atoms with van der Waals surface area (Å²) in [4.78, 5) is 12.2. The molecular weight excluding hydrogens is 318 g/mol. The lowest BCUT2D eigenvalue weighted by atomic mass is 10.1. The molecule has 118 valence electrons. The number of carbonyl (C=O) groups is 1. The Labute approximate surface area is 139 Å². The van der Waals surface area contributed by atoms with Crippen LogP contribution in [0.2, 0.25) is 5.02 Å². The number of nitrogens with zero attached hydrogens (tertiary/aromatic N) is 1. The number of ether oxygens (including phenoxy) is 3. The van der Waals surface area contributed by atoms with Gasteiger partial charge in [-0.2, -0.15) is 5.26 Å². The highest BCUT2D eigenvalue weighted by Crippen LogP contribution is 2.36. The van der Waals surface area contributed by atoms with Gasteiger partial charge in [0.15, 0.2) is 11.5 Å². The first kappa shape index (κ1) is 16.7. The van der Waals surface area contributed by atoms with Crippen molar-refractivity contribution in [3.8, 4) is 17.6 Å². The lowest BCUT2D eigenvalue weighted by molar-refractivity contribution is 0.0472. The Morgan fingerprint density at radius 2 is 2.00 bits per heavy atom. The monoisotopic (exact) mass is 331 g/mol. The molecule has 5 nitrogen and oxygen atoms in total. The molecule has 0 saturated carbocycles. The van der Waals surface area contributed by atoms with Crippen LogP contribution in [0.4, 0.5) is 0 Å². The maximum Gasteiger partial charge on any atom is 0.338 e. The van der Waals surface area contributed by atoms with E-state index in [9.17, 15) is 4.79 Å². The maximum absolute atomic E-state index is 12.2. The van der Waals surface area contributed by atoms with E-state index in [1.54, 1.807) is 24.3 Å².